The van der Waals surface area contributed by atoms with E-state index in [1.807, 2.05) is 31.3 Å². The van der Waals surface area contributed by atoms with Gasteiger partial charge in [0, 0.05) is 32.2 Å². The molecule has 6 heteroatoms. The van der Waals surface area contributed by atoms with Crippen LogP contribution in [0, 0.1) is 0 Å². The van der Waals surface area contributed by atoms with Gasteiger partial charge in [-0.1, -0.05) is 41.9 Å². The van der Waals surface area contributed by atoms with Gasteiger partial charge in [0.1, 0.15) is 0 Å². The van der Waals surface area contributed by atoms with E-state index in [1.165, 1.54) is 5.56 Å². The van der Waals surface area contributed by atoms with Crippen LogP contribution in [0.25, 0.3) is 0 Å². The summed E-state index contributed by atoms with van der Waals surface area (Å²) >= 11 is 6.44. The van der Waals surface area contributed by atoms with Gasteiger partial charge in [-0.3, -0.25) is 9.69 Å². The van der Waals surface area contributed by atoms with E-state index in [4.69, 9.17) is 17.3 Å². The number of likely N-dealkylation sites (N-methyl/N-ethyl adjacent to an activating group) is 1. The minimum absolute atomic E-state index is 0.0680. The number of carbonyl (C=O) groups excluding carboxylic acids is 1. The zero-order chi connectivity index (χ0) is 18.7. The van der Waals surface area contributed by atoms with Crippen LogP contribution in [0.15, 0.2) is 48.5 Å². The highest BCUT2D eigenvalue weighted by atomic mass is 35.5. The summed E-state index contributed by atoms with van der Waals surface area (Å²) in [6.45, 7) is 2.35. The normalized spacial score (nSPS) is 18.7. The second-order valence-corrected chi connectivity index (χ2v) is 7.18. The summed E-state index contributed by atoms with van der Waals surface area (Å²) in [5.41, 5.74) is 7.75. The topological polar surface area (TPSA) is 69.8 Å². The van der Waals surface area contributed by atoms with Crippen LogP contribution in [-0.2, 0) is 0 Å². The Labute approximate surface area is 159 Å². The molecule has 0 saturated carbocycles. The molecule has 0 radical (unpaired) electrons. The van der Waals surface area contributed by atoms with Crippen molar-refractivity contribution in [1.29, 1.82) is 0 Å². The molecule has 1 saturated heterocycles. The maximum atomic E-state index is 11.4. The van der Waals surface area contributed by atoms with Gasteiger partial charge in [-0.2, -0.15) is 0 Å². The van der Waals surface area contributed by atoms with Crippen LogP contribution >= 0.6 is 11.6 Å². The Kier molecular flexibility index (Phi) is 5.81. The van der Waals surface area contributed by atoms with Crippen LogP contribution in [-0.4, -0.2) is 48.7 Å². The molecule has 26 heavy (non-hydrogen) atoms. The predicted molar refractivity (Wildman–Crippen MR) is 105 cm³/mol. The van der Waals surface area contributed by atoms with Crippen LogP contribution < -0.4 is 10.6 Å². The van der Waals surface area contributed by atoms with Crippen molar-refractivity contribution in [3.63, 3.8) is 0 Å². The van der Waals surface area contributed by atoms with Crippen LogP contribution in [0.1, 0.15) is 28.4 Å². The summed E-state index contributed by atoms with van der Waals surface area (Å²) in [7, 11) is 2.00. The molecule has 0 aliphatic carbocycles. The van der Waals surface area contributed by atoms with E-state index in [-0.39, 0.29) is 12.1 Å². The molecule has 2 atom stereocenters. The summed E-state index contributed by atoms with van der Waals surface area (Å²) in [5.74, 6) is -0.494. The molecular formula is C20H24ClN3O2. The van der Waals surface area contributed by atoms with Crippen LogP contribution in [0.5, 0.6) is 0 Å². The van der Waals surface area contributed by atoms with Crippen LogP contribution in [0.4, 0.5) is 5.69 Å². The number of nitrogens with two attached hydrogens (primary N) is 1. The van der Waals surface area contributed by atoms with Crippen molar-refractivity contribution < 1.29 is 9.90 Å². The van der Waals surface area contributed by atoms with Crippen LogP contribution in [0.2, 0.25) is 5.02 Å². The lowest BCUT2D eigenvalue weighted by molar-refractivity contribution is 0.100. The second kappa shape index (κ2) is 8.08. The molecule has 1 aliphatic heterocycles. The van der Waals surface area contributed by atoms with Crippen molar-refractivity contribution in [2.75, 3.05) is 31.6 Å². The molecule has 1 fully saturated rings. The Morgan fingerprint density at radius 3 is 2.65 bits per heavy atom. The summed E-state index contributed by atoms with van der Waals surface area (Å²) in [6.07, 6.45) is 0.550. The number of benzene rings is 2. The van der Waals surface area contributed by atoms with Gasteiger partial charge in [0.25, 0.3) is 0 Å². The number of primary amides is 1. The fraction of sp³-hybridized carbons (Fsp3) is 0.350. The van der Waals surface area contributed by atoms with Gasteiger partial charge >= 0.3 is 0 Å². The Morgan fingerprint density at radius 2 is 2.08 bits per heavy atom. The fourth-order valence-electron chi connectivity index (χ4n) is 3.46. The van der Waals surface area contributed by atoms with E-state index in [2.05, 4.69) is 21.9 Å². The molecule has 1 aliphatic rings. The molecule has 0 bridgehead atoms. The number of halogens is 1. The Morgan fingerprint density at radius 1 is 1.35 bits per heavy atom. The lowest BCUT2D eigenvalue weighted by atomic mass is 10.0. The van der Waals surface area contributed by atoms with Gasteiger partial charge in [0.15, 0.2) is 0 Å². The summed E-state index contributed by atoms with van der Waals surface area (Å²) < 4.78 is 0. The first-order valence-corrected chi connectivity index (χ1v) is 9.11. The number of likely N-dealkylation sites (tertiary alicyclic amines) is 1. The number of β-amino-alcohol motifs (C(OH)–C–C–N with tert-alkyl or cyclic N) is 1. The summed E-state index contributed by atoms with van der Waals surface area (Å²) in [5, 5.41) is 10.3. The Bertz CT molecular complexity index is 769. The van der Waals surface area contributed by atoms with E-state index >= 15 is 0 Å². The molecule has 2 aromatic rings. The minimum atomic E-state index is -0.494. The average Bonchev–Trinajstić information content (AvgIpc) is 3.04. The molecule has 3 N–H and O–H groups in total. The number of aliphatic hydroxyl groups is 1. The van der Waals surface area contributed by atoms with Gasteiger partial charge in [-0.15, -0.1) is 0 Å². The first-order chi connectivity index (χ1) is 12.5. The standard InChI is InChI=1S/C20H24ClN3O2/c1-23(18-8-7-15(20(22)26)11-17(18)21)19(14-5-3-2-4-6-14)13-24-10-9-16(25)12-24/h2-8,11,16,19,25H,9-10,12-13H2,1H3,(H2,22,26)/t16-,19+/m0/s1. The number of hydrogen-bond acceptors (Lipinski definition) is 4. The first kappa shape index (κ1) is 18.7. The number of rotatable bonds is 6. The fourth-order valence-corrected chi connectivity index (χ4v) is 3.78. The molecule has 0 spiro atoms. The maximum Gasteiger partial charge on any atom is 0.248 e. The predicted octanol–water partition coefficient (Wildman–Crippen LogP) is 2.68. The van der Waals surface area contributed by atoms with Gasteiger partial charge < -0.3 is 15.7 Å². The average molecular weight is 374 g/mol. The second-order valence-electron chi connectivity index (χ2n) is 6.77. The Hall–Kier alpha value is -2.08. The van der Waals surface area contributed by atoms with Gasteiger partial charge in [0.05, 0.1) is 22.9 Å². The molecule has 5 nitrogen and oxygen atoms in total. The van der Waals surface area contributed by atoms with Crippen molar-refractivity contribution in [3.8, 4) is 0 Å². The molecular weight excluding hydrogens is 350 g/mol. The van der Waals surface area contributed by atoms with Crippen molar-refractivity contribution in [2.45, 2.75) is 18.6 Å². The molecule has 3 rings (SSSR count). The Balaban J connectivity index is 1.89. The quantitative estimate of drug-likeness (QED) is 0.816. The monoisotopic (exact) mass is 373 g/mol. The zero-order valence-corrected chi connectivity index (χ0v) is 15.6. The lowest BCUT2D eigenvalue weighted by Gasteiger charge is -2.34. The SMILES string of the molecule is CN(c1ccc(C(N)=O)cc1Cl)[C@H](CN1CC[C@H](O)C1)c1ccccc1. The smallest absolute Gasteiger partial charge is 0.248 e. The highest BCUT2D eigenvalue weighted by Gasteiger charge is 2.27. The number of aliphatic hydroxyl groups excluding tert-OH is 1. The third-order valence-corrected chi connectivity index (χ3v) is 5.25. The van der Waals surface area contributed by atoms with E-state index in [0.29, 0.717) is 17.1 Å². The number of hydrogen-bond donors (Lipinski definition) is 2. The molecule has 0 aromatic heterocycles. The van der Waals surface area contributed by atoms with E-state index < -0.39 is 5.91 Å². The minimum Gasteiger partial charge on any atom is -0.392 e. The highest BCUT2D eigenvalue weighted by molar-refractivity contribution is 6.33. The summed E-state index contributed by atoms with van der Waals surface area (Å²) in [4.78, 5) is 15.8. The molecule has 1 amide bonds. The maximum absolute atomic E-state index is 11.4. The third kappa shape index (κ3) is 4.18. The molecule has 0 unspecified atom stereocenters. The number of carbonyl (C=O) groups is 1. The van der Waals surface area contributed by atoms with E-state index in [9.17, 15) is 9.90 Å². The zero-order valence-electron chi connectivity index (χ0n) is 14.8. The third-order valence-electron chi connectivity index (χ3n) is 4.94. The van der Waals surface area contributed by atoms with Crippen molar-refractivity contribution in [1.82, 2.24) is 4.90 Å². The van der Waals surface area contributed by atoms with Crippen LogP contribution in [0.3, 0.4) is 0 Å². The number of anilines is 1. The first-order valence-electron chi connectivity index (χ1n) is 8.73. The van der Waals surface area contributed by atoms with Crippen molar-refractivity contribution in [3.05, 3.63) is 64.7 Å². The molecule has 138 valence electrons. The van der Waals surface area contributed by atoms with E-state index in [1.54, 1.807) is 12.1 Å². The van der Waals surface area contributed by atoms with Crippen molar-refractivity contribution >= 4 is 23.2 Å². The highest BCUT2D eigenvalue weighted by Crippen LogP contribution is 2.33. The lowest BCUT2D eigenvalue weighted by Crippen LogP contribution is -2.36. The molecule has 2 aromatic carbocycles. The van der Waals surface area contributed by atoms with Gasteiger partial charge in [0.2, 0.25) is 5.91 Å². The largest absolute Gasteiger partial charge is 0.392 e. The number of amides is 1. The molecule has 1 heterocycles. The van der Waals surface area contributed by atoms with Gasteiger partial charge in [-0.25, -0.2) is 0 Å². The summed E-state index contributed by atoms with van der Waals surface area (Å²) in [6, 6.07) is 15.4. The van der Waals surface area contributed by atoms with Gasteiger partial charge in [-0.05, 0) is 30.2 Å². The number of nitrogens with zero attached hydrogens (tertiary/aromatic N) is 2. The van der Waals surface area contributed by atoms with E-state index in [0.717, 1.165) is 25.2 Å². The van der Waals surface area contributed by atoms with Crippen molar-refractivity contribution in [2.24, 2.45) is 5.73 Å².